The summed E-state index contributed by atoms with van der Waals surface area (Å²) in [5, 5.41) is 4.39. The first-order valence-electron chi connectivity index (χ1n) is 6.37. The van der Waals surface area contributed by atoms with Crippen LogP contribution in [0.1, 0.15) is 18.4 Å². The van der Waals surface area contributed by atoms with E-state index in [1.54, 1.807) is 6.07 Å². The van der Waals surface area contributed by atoms with Crippen LogP contribution < -0.4 is 11.1 Å². The average molecular weight is 309 g/mol. The lowest BCUT2D eigenvalue weighted by atomic mass is 9.96. The first-order chi connectivity index (χ1) is 9.57. The van der Waals surface area contributed by atoms with E-state index in [2.05, 4.69) is 27.4 Å². The van der Waals surface area contributed by atoms with E-state index in [1.165, 1.54) is 5.56 Å². The van der Waals surface area contributed by atoms with Gasteiger partial charge in [0, 0.05) is 23.0 Å². The van der Waals surface area contributed by atoms with Gasteiger partial charge >= 0.3 is 0 Å². The lowest BCUT2D eigenvalue weighted by Gasteiger charge is -2.17. The van der Waals surface area contributed by atoms with Gasteiger partial charge in [-0.05, 0) is 30.5 Å². The molecule has 6 heteroatoms. The van der Waals surface area contributed by atoms with Gasteiger partial charge in [0.05, 0.1) is 0 Å². The molecule has 0 amide bonds. The third-order valence-electron chi connectivity index (χ3n) is 3.63. The number of halogens is 2. The number of nitrogens with zero attached hydrogens (tertiary/aromatic N) is 2. The normalized spacial score (nSPS) is 15.9. The van der Waals surface area contributed by atoms with Crippen molar-refractivity contribution < 1.29 is 0 Å². The summed E-state index contributed by atoms with van der Waals surface area (Å²) in [5.41, 5.74) is 7.04. The zero-order valence-electron chi connectivity index (χ0n) is 10.7. The van der Waals surface area contributed by atoms with E-state index in [0.717, 1.165) is 24.4 Å². The quantitative estimate of drug-likeness (QED) is 0.848. The number of nitrogens with one attached hydrogen (secondary N) is 1. The summed E-state index contributed by atoms with van der Waals surface area (Å²) in [6, 6.07) is 9.69. The lowest BCUT2D eigenvalue weighted by molar-refractivity contribution is 0.730. The summed E-state index contributed by atoms with van der Waals surface area (Å²) in [4.78, 5) is 7.96. The minimum Gasteiger partial charge on any atom is -0.369 e. The second-order valence-corrected chi connectivity index (χ2v) is 5.90. The molecule has 4 nitrogen and oxygen atoms in total. The van der Waals surface area contributed by atoms with Gasteiger partial charge in [0.15, 0.2) is 0 Å². The molecular formula is C14H14Cl2N4. The molecule has 1 aliphatic carbocycles. The second kappa shape index (κ2) is 5.11. The van der Waals surface area contributed by atoms with E-state index in [0.29, 0.717) is 11.0 Å². The Hall–Kier alpha value is -1.52. The van der Waals surface area contributed by atoms with Crippen LogP contribution in [0, 0.1) is 0 Å². The second-order valence-electron chi connectivity index (χ2n) is 5.07. The molecular weight excluding hydrogens is 295 g/mol. The summed E-state index contributed by atoms with van der Waals surface area (Å²) >= 11 is 11.8. The van der Waals surface area contributed by atoms with E-state index < -0.39 is 0 Å². The van der Waals surface area contributed by atoms with Crippen molar-refractivity contribution in [2.24, 2.45) is 0 Å². The Labute approximate surface area is 127 Å². The largest absolute Gasteiger partial charge is 0.369 e. The molecule has 20 heavy (non-hydrogen) atoms. The zero-order chi connectivity index (χ0) is 14.2. The number of nitrogen functional groups attached to an aromatic ring is 1. The first kappa shape index (κ1) is 13.5. The highest BCUT2D eigenvalue weighted by atomic mass is 35.5. The highest BCUT2D eigenvalue weighted by Crippen LogP contribution is 2.48. The molecule has 0 radical (unpaired) electrons. The van der Waals surface area contributed by atoms with Crippen molar-refractivity contribution in [3.05, 3.63) is 46.1 Å². The minimum absolute atomic E-state index is 0.163. The Balaban J connectivity index is 1.73. The molecule has 2 aromatic rings. The van der Waals surface area contributed by atoms with Gasteiger partial charge in [-0.1, -0.05) is 35.3 Å². The van der Waals surface area contributed by atoms with E-state index >= 15 is 0 Å². The summed E-state index contributed by atoms with van der Waals surface area (Å²) in [7, 11) is 0. The molecule has 0 saturated heterocycles. The molecule has 0 spiro atoms. The first-order valence-corrected chi connectivity index (χ1v) is 7.13. The van der Waals surface area contributed by atoms with Crippen LogP contribution in [0.15, 0.2) is 30.3 Å². The predicted molar refractivity (Wildman–Crippen MR) is 82.3 cm³/mol. The number of aromatic nitrogens is 2. The van der Waals surface area contributed by atoms with Crippen LogP contribution in [0.4, 0.5) is 11.8 Å². The fourth-order valence-electron chi connectivity index (χ4n) is 2.31. The number of rotatable bonds is 4. The Morgan fingerprint density at radius 2 is 1.85 bits per heavy atom. The SMILES string of the molecule is Nc1nc(Cl)cc(NCC2(c3ccc(Cl)cc3)CC2)n1. The van der Waals surface area contributed by atoms with Gasteiger partial charge in [0.25, 0.3) is 0 Å². The number of benzene rings is 1. The molecule has 1 aromatic carbocycles. The van der Waals surface area contributed by atoms with Crippen molar-refractivity contribution in [2.75, 3.05) is 17.6 Å². The highest BCUT2D eigenvalue weighted by Gasteiger charge is 2.43. The molecule has 104 valence electrons. The van der Waals surface area contributed by atoms with E-state index in [-0.39, 0.29) is 11.4 Å². The van der Waals surface area contributed by atoms with Crippen molar-refractivity contribution in [2.45, 2.75) is 18.3 Å². The van der Waals surface area contributed by atoms with Crippen LogP contribution in [-0.2, 0) is 5.41 Å². The van der Waals surface area contributed by atoms with Crippen molar-refractivity contribution in [3.63, 3.8) is 0 Å². The standard InChI is InChI=1S/C14H14Cl2N4/c15-10-3-1-9(2-4-10)14(5-6-14)8-18-12-7-11(16)19-13(17)20-12/h1-4,7H,5-6,8H2,(H3,17,18,19,20). The molecule has 1 aliphatic rings. The Morgan fingerprint density at radius 3 is 2.45 bits per heavy atom. The highest BCUT2D eigenvalue weighted by molar-refractivity contribution is 6.30. The molecule has 1 heterocycles. The molecule has 0 unspecified atom stereocenters. The monoisotopic (exact) mass is 308 g/mol. The number of anilines is 2. The number of hydrogen-bond acceptors (Lipinski definition) is 4. The van der Waals surface area contributed by atoms with Gasteiger partial charge in [0.2, 0.25) is 5.95 Å². The van der Waals surface area contributed by atoms with Crippen LogP contribution in [0.25, 0.3) is 0 Å². The van der Waals surface area contributed by atoms with Crippen LogP contribution in [0.3, 0.4) is 0 Å². The maximum atomic E-state index is 5.93. The molecule has 0 aliphatic heterocycles. The number of nitrogens with two attached hydrogens (primary N) is 1. The Bertz CT molecular complexity index is 603. The van der Waals surface area contributed by atoms with Crippen LogP contribution in [-0.4, -0.2) is 16.5 Å². The molecule has 0 atom stereocenters. The van der Waals surface area contributed by atoms with Crippen LogP contribution in [0.2, 0.25) is 10.2 Å². The molecule has 1 aromatic heterocycles. The van der Waals surface area contributed by atoms with Crippen LogP contribution in [0.5, 0.6) is 0 Å². The van der Waals surface area contributed by atoms with Crippen molar-refractivity contribution in [3.8, 4) is 0 Å². The predicted octanol–water partition coefficient (Wildman–Crippen LogP) is 3.51. The maximum absolute atomic E-state index is 5.93. The molecule has 1 fully saturated rings. The summed E-state index contributed by atoms with van der Waals surface area (Å²) < 4.78 is 0. The maximum Gasteiger partial charge on any atom is 0.223 e. The third-order valence-corrected chi connectivity index (χ3v) is 4.08. The van der Waals surface area contributed by atoms with Gasteiger partial charge in [0.1, 0.15) is 11.0 Å². The van der Waals surface area contributed by atoms with Crippen molar-refractivity contribution in [1.82, 2.24) is 9.97 Å². The van der Waals surface area contributed by atoms with E-state index in [4.69, 9.17) is 28.9 Å². The fourth-order valence-corrected chi connectivity index (χ4v) is 2.62. The zero-order valence-corrected chi connectivity index (χ0v) is 12.2. The van der Waals surface area contributed by atoms with Gasteiger partial charge in [-0.2, -0.15) is 4.98 Å². The van der Waals surface area contributed by atoms with Gasteiger partial charge in [-0.25, -0.2) is 4.98 Å². The van der Waals surface area contributed by atoms with Crippen molar-refractivity contribution in [1.29, 1.82) is 0 Å². The summed E-state index contributed by atoms with van der Waals surface area (Å²) in [5.74, 6) is 0.832. The molecule has 1 saturated carbocycles. The third kappa shape index (κ3) is 2.81. The smallest absolute Gasteiger partial charge is 0.223 e. The Morgan fingerprint density at radius 1 is 1.15 bits per heavy atom. The molecule has 3 N–H and O–H groups in total. The topological polar surface area (TPSA) is 63.8 Å². The van der Waals surface area contributed by atoms with Gasteiger partial charge in [-0.15, -0.1) is 0 Å². The average Bonchev–Trinajstić information content (AvgIpc) is 3.17. The number of hydrogen-bond donors (Lipinski definition) is 2. The van der Waals surface area contributed by atoms with E-state index in [1.807, 2.05) is 12.1 Å². The van der Waals surface area contributed by atoms with Gasteiger partial charge < -0.3 is 11.1 Å². The Kier molecular flexibility index (Phi) is 3.44. The van der Waals surface area contributed by atoms with Gasteiger partial charge in [-0.3, -0.25) is 0 Å². The lowest BCUT2D eigenvalue weighted by Crippen LogP contribution is -2.20. The van der Waals surface area contributed by atoms with E-state index in [9.17, 15) is 0 Å². The minimum atomic E-state index is 0.163. The van der Waals surface area contributed by atoms with Crippen molar-refractivity contribution >= 4 is 35.0 Å². The summed E-state index contributed by atoms with van der Waals surface area (Å²) in [6.07, 6.45) is 2.30. The molecule has 0 bridgehead atoms. The van der Waals surface area contributed by atoms with Crippen LogP contribution >= 0.6 is 23.2 Å². The summed E-state index contributed by atoms with van der Waals surface area (Å²) in [6.45, 7) is 0.793. The molecule has 3 rings (SSSR count). The fraction of sp³-hybridized carbons (Fsp3) is 0.286.